The maximum absolute atomic E-state index is 12.9. The van der Waals surface area contributed by atoms with Gasteiger partial charge in [0.1, 0.15) is 6.61 Å². The Bertz CT molecular complexity index is 1090. The minimum absolute atomic E-state index is 0.00781. The van der Waals surface area contributed by atoms with E-state index >= 15 is 0 Å². The topological polar surface area (TPSA) is 95.9 Å². The van der Waals surface area contributed by atoms with Crippen molar-refractivity contribution in [3.8, 4) is 11.1 Å². The van der Waals surface area contributed by atoms with Gasteiger partial charge in [0.25, 0.3) is 0 Å². The van der Waals surface area contributed by atoms with Crippen molar-refractivity contribution in [1.82, 2.24) is 10.2 Å². The molecule has 2 fully saturated rings. The van der Waals surface area contributed by atoms with E-state index in [4.69, 9.17) is 4.74 Å². The fourth-order valence-corrected chi connectivity index (χ4v) is 6.11. The van der Waals surface area contributed by atoms with Crippen LogP contribution in [0.5, 0.6) is 0 Å². The van der Waals surface area contributed by atoms with Gasteiger partial charge in [-0.3, -0.25) is 9.59 Å². The standard InChI is InChI=1S/C28H32N2O5/c1-17-14-30(15-23(17)27(32)33)26(31)13-18-7-6-12-25(18)29-28(34)35-16-24-21-10-4-2-8-19(21)20-9-3-5-11-22(20)24/h2-5,8-11,17-18,23-25H,6-7,12-16H2,1H3,(H,29,34)(H,32,33)/t17-,18?,23-,25?/m1/s1. The highest BCUT2D eigenvalue weighted by Gasteiger charge is 2.39. The van der Waals surface area contributed by atoms with Crippen LogP contribution in [0.2, 0.25) is 0 Å². The van der Waals surface area contributed by atoms with Crippen LogP contribution < -0.4 is 5.32 Å². The largest absolute Gasteiger partial charge is 0.481 e. The number of carbonyl (C=O) groups excluding carboxylic acids is 2. The van der Waals surface area contributed by atoms with Gasteiger partial charge in [0.15, 0.2) is 0 Å². The van der Waals surface area contributed by atoms with Gasteiger partial charge in [-0.25, -0.2) is 4.79 Å². The number of carboxylic acids is 1. The third kappa shape index (κ3) is 4.64. The van der Waals surface area contributed by atoms with E-state index in [2.05, 4.69) is 29.6 Å². The molecule has 1 aliphatic heterocycles. The number of carbonyl (C=O) groups is 3. The van der Waals surface area contributed by atoms with Crippen LogP contribution >= 0.6 is 0 Å². The van der Waals surface area contributed by atoms with Crippen molar-refractivity contribution in [2.75, 3.05) is 19.7 Å². The molecule has 0 bridgehead atoms. The molecule has 2 aliphatic carbocycles. The van der Waals surface area contributed by atoms with Crippen LogP contribution in [0.1, 0.15) is 49.7 Å². The minimum atomic E-state index is -0.844. The van der Waals surface area contributed by atoms with Crippen molar-refractivity contribution >= 4 is 18.0 Å². The SMILES string of the molecule is C[C@@H]1CN(C(=O)CC2CCCC2NC(=O)OCC2c3ccccc3-c3ccccc32)C[C@H]1C(=O)O. The summed E-state index contributed by atoms with van der Waals surface area (Å²) in [6.07, 6.45) is 2.51. The Morgan fingerprint density at radius 1 is 1.00 bits per heavy atom. The molecule has 4 atom stereocenters. The number of amides is 2. The van der Waals surface area contributed by atoms with E-state index in [9.17, 15) is 19.5 Å². The summed E-state index contributed by atoms with van der Waals surface area (Å²) in [5.41, 5.74) is 4.72. The summed E-state index contributed by atoms with van der Waals surface area (Å²) in [5, 5.41) is 12.4. The van der Waals surface area contributed by atoms with Crippen molar-refractivity contribution in [3.63, 3.8) is 0 Å². The lowest BCUT2D eigenvalue weighted by atomic mass is 9.98. The number of rotatable bonds is 6. The first-order chi connectivity index (χ1) is 16.9. The number of nitrogens with zero attached hydrogens (tertiary/aromatic N) is 1. The molecule has 2 amide bonds. The van der Waals surface area contributed by atoms with Gasteiger partial charge >= 0.3 is 12.1 Å². The Labute approximate surface area is 205 Å². The second kappa shape index (κ2) is 9.72. The van der Waals surface area contributed by atoms with E-state index in [1.54, 1.807) is 4.90 Å². The molecule has 7 heteroatoms. The Kier molecular flexibility index (Phi) is 6.50. The van der Waals surface area contributed by atoms with Crippen LogP contribution in [0, 0.1) is 17.8 Å². The molecular weight excluding hydrogens is 444 g/mol. The number of ether oxygens (including phenoxy) is 1. The summed E-state index contributed by atoms with van der Waals surface area (Å²) in [6.45, 7) is 2.89. The number of aliphatic carboxylic acids is 1. The quantitative estimate of drug-likeness (QED) is 0.649. The van der Waals surface area contributed by atoms with Gasteiger partial charge in [0.05, 0.1) is 5.92 Å². The van der Waals surface area contributed by atoms with Gasteiger partial charge in [-0.1, -0.05) is 61.9 Å². The number of alkyl carbamates (subject to hydrolysis) is 1. The van der Waals surface area contributed by atoms with E-state index < -0.39 is 18.0 Å². The molecule has 0 radical (unpaired) electrons. The molecule has 0 spiro atoms. The molecule has 1 heterocycles. The number of fused-ring (bicyclic) bond motifs is 3. The number of hydrogen-bond acceptors (Lipinski definition) is 4. The molecular formula is C28H32N2O5. The molecule has 7 nitrogen and oxygen atoms in total. The van der Waals surface area contributed by atoms with Gasteiger partial charge in [-0.15, -0.1) is 0 Å². The van der Waals surface area contributed by atoms with Crippen molar-refractivity contribution in [3.05, 3.63) is 59.7 Å². The van der Waals surface area contributed by atoms with Gasteiger partial charge in [0, 0.05) is 31.5 Å². The number of benzene rings is 2. The van der Waals surface area contributed by atoms with Gasteiger partial charge in [0.2, 0.25) is 5.91 Å². The summed E-state index contributed by atoms with van der Waals surface area (Å²) in [4.78, 5) is 38.7. The van der Waals surface area contributed by atoms with Crippen LogP contribution in [0.15, 0.2) is 48.5 Å². The summed E-state index contributed by atoms with van der Waals surface area (Å²) in [5.74, 6) is -1.36. The van der Waals surface area contributed by atoms with Crippen LogP contribution in [-0.2, 0) is 14.3 Å². The lowest BCUT2D eigenvalue weighted by Gasteiger charge is -2.24. The molecule has 1 saturated heterocycles. The van der Waals surface area contributed by atoms with Crippen LogP contribution in [-0.4, -0.2) is 53.7 Å². The Morgan fingerprint density at radius 2 is 1.66 bits per heavy atom. The van der Waals surface area contributed by atoms with Gasteiger partial charge in [-0.05, 0) is 46.9 Å². The lowest BCUT2D eigenvalue weighted by molar-refractivity contribution is -0.142. The van der Waals surface area contributed by atoms with Crippen LogP contribution in [0.4, 0.5) is 4.79 Å². The highest BCUT2D eigenvalue weighted by atomic mass is 16.5. The molecule has 3 aliphatic rings. The summed E-state index contributed by atoms with van der Waals surface area (Å²) < 4.78 is 5.70. The predicted molar refractivity (Wildman–Crippen MR) is 131 cm³/mol. The van der Waals surface area contributed by atoms with Gasteiger partial charge < -0.3 is 20.1 Å². The average Bonchev–Trinajstić information content (AvgIpc) is 3.54. The molecule has 1 saturated carbocycles. The fourth-order valence-electron chi connectivity index (χ4n) is 6.11. The smallest absolute Gasteiger partial charge is 0.407 e. The number of carboxylic acid groups (broad SMARTS) is 1. The molecule has 2 aromatic rings. The maximum atomic E-state index is 12.9. The van der Waals surface area contributed by atoms with Crippen molar-refractivity contribution in [2.45, 2.75) is 44.6 Å². The summed E-state index contributed by atoms with van der Waals surface area (Å²) >= 11 is 0. The lowest BCUT2D eigenvalue weighted by Crippen LogP contribution is -2.40. The highest BCUT2D eigenvalue weighted by Crippen LogP contribution is 2.44. The van der Waals surface area contributed by atoms with E-state index in [-0.39, 0.29) is 42.9 Å². The Balaban J connectivity index is 1.16. The van der Waals surface area contributed by atoms with E-state index in [0.29, 0.717) is 13.0 Å². The minimum Gasteiger partial charge on any atom is -0.481 e. The van der Waals surface area contributed by atoms with E-state index in [1.165, 1.54) is 22.3 Å². The molecule has 2 N–H and O–H groups in total. The highest BCUT2D eigenvalue weighted by molar-refractivity contribution is 5.80. The first kappa shape index (κ1) is 23.4. The number of nitrogens with one attached hydrogen (secondary N) is 1. The average molecular weight is 477 g/mol. The maximum Gasteiger partial charge on any atom is 0.407 e. The summed E-state index contributed by atoms with van der Waals surface area (Å²) in [6, 6.07) is 16.4. The molecule has 2 unspecified atom stereocenters. The van der Waals surface area contributed by atoms with Gasteiger partial charge in [-0.2, -0.15) is 0 Å². The predicted octanol–water partition coefficient (Wildman–Crippen LogP) is 4.26. The zero-order valence-corrected chi connectivity index (χ0v) is 20.0. The van der Waals surface area contributed by atoms with E-state index in [1.807, 2.05) is 31.2 Å². The van der Waals surface area contributed by atoms with E-state index in [0.717, 1.165) is 19.3 Å². The molecule has 184 valence electrons. The normalized spacial score (nSPS) is 25.2. The third-order valence-electron chi connectivity index (χ3n) is 8.03. The van der Waals surface area contributed by atoms with Crippen molar-refractivity contribution in [2.24, 2.45) is 17.8 Å². The fraction of sp³-hybridized carbons (Fsp3) is 0.464. The second-order valence-electron chi connectivity index (χ2n) is 10.2. The number of likely N-dealkylation sites (tertiary alicyclic amines) is 1. The first-order valence-electron chi connectivity index (χ1n) is 12.5. The zero-order chi connectivity index (χ0) is 24.5. The third-order valence-corrected chi connectivity index (χ3v) is 8.03. The van der Waals surface area contributed by atoms with Crippen LogP contribution in [0.25, 0.3) is 11.1 Å². The molecule has 2 aromatic carbocycles. The summed E-state index contributed by atoms with van der Waals surface area (Å²) in [7, 11) is 0. The molecule has 0 aromatic heterocycles. The molecule has 5 rings (SSSR count). The number of hydrogen-bond donors (Lipinski definition) is 2. The first-order valence-corrected chi connectivity index (χ1v) is 12.5. The van der Waals surface area contributed by atoms with Crippen molar-refractivity contribution in [1.29, 1.82) is 0 Å². The Hall–Kier alpha value is -3.35. The van der Waals surface area contributed by atoms with Crippen LogP contribution in [0.3, 0.4) is 0 Å². The Morgan fingerprint density at radius 3 is 2.29 bits per heavy atom. The molecule has 35 heavy (non-hydrogen) atoms. The zero-order valence-electron chi connectivity index (χ0n) is 20.0. The van der Waals surface area contributed by atoms with Crippen molar-refractivity contribution < 1.29 is 24.2 Å². The second-order valence-corrected chi connectivity index (χ2v) is 10.2. The monoisotopic (exact) mass is 476 g/mol.